The molecule has 0 unspecified atom stereocenters. The Morgan fingerprint density at radius 2 is 2.21 bits per heavy atom. The second-order valence-corrected chi connectivity index (χ2v) is 5.35. The lowest BCUT2D eigenvalue weighted by atomic mass is 9.92. The van der Waals surface area contributed by atoms with Gasteiger partial charge in [-0.2, -0.15) is 5.26 Å². The highest BCUT2D eigenvalue weighted by Gasteiger charge is 2.48. The predicted molar refractivity (Wildman–Crippen MR) is 72.0 cm³/mol. The number of carbonyl (C=O) groups excluding carboxylic acids is 2. The number of rotatable bonds is 3. The second-order valence-electron chi connectivity index (χ2n) is 4.43. The molecule has 1 aliphatic heterocycles. The zero-order valence-corrected chi connectivity index (χ0v) is 11.9. The van der Waals surface area contributed by atoms with Gasteiger partial charge in [-0.1, -0.05) is 28.1 Å². The van der Waals surface area contributed by atoms with Crippen molar-refractivity contribution in [1.29, 1.82) is 5.26 Å². The van der Waals surface area contributed by atoms with Crippen LogP contribution in [0.5, 0.6) is 0 Å². The molecule has 98 valence electrons. The van der Waals surface area contributed by atoms with Crippen molar-refractivity contribution in [1.82, 2.24) is 10.2 Å². The maximum Gasteiger partial charge on any atom is 0.325 e. The average molecular weight is 322 g/mol. The third-order valence-electron chi connectivity index (χ3n) is 3.12. The van der Waals surface area contributed by atoms with Gasteiger partial charge in [0.2, 0.25) is 0 Å². The monoisotopic (exact) mass is 321 g/mol. The highest BCUT2D eigenvalue weighted by atomic mass is 79.9. The lowest BCUT2D eigenvalue weighted by molar-refractivity contribution is -0.131. The number of nitrogens with one attached hydrogen (secondary N) is 1. The molecule has 6 heteroatoms. The van der Waals surface area contributed by atoms with E-state index in [0.29, 0.717) is 5.56 Å². The Balaban J connectivity index is 2.33. The molecule has 2 rings (SSSR count). The van der Waals surface area contributed by atoms with Gasteiger partial charge < -0.3 is 5.32 Å². The molecule has 0 saturated carbocycles. The van der Waals surface area contributed by atoms with Gasteiger partial charge in [0.1, 0.15) is 5.54 Å². The van der Waals surface area contributed by atoms with Crippen molar-refractivity contribution in [2.45, 2.75) is 18.9 Å². The van der Waals surface area contributed by atoms with Crippen LogP contribution in [0, 0.1) is 11.3 Å². The molecule has 0 aromatic heterocycles. The third kappa shape index (κ3) is 2.34. The summed E-state index contributed by atoms with van der Waals surface area (Å²) < 4.78 is 0.837. The molecule has 3 amide bonds. The molecule has 1 fully saturated rings. The van der Waals surface area contributed by atoms with Crippen LogP contribution in [0.25, 0.3) is 0 Å². The van der Waals surface area contributed by atoms with Crippen LogP contribution in [0.1, 0.15) is 18.9 Å². The molecule has 1 atom stereocenters. The van der Waals surface area contributed by atoms with E-state index in [9.17, 15) is 9.59 Å². The fraction of sp³-hybridized carbons (Fsp3) is 0.308. The summed E-state index contributed by atoms with van der Waals surface area (Å²) in [4.78, 5) is 25.3. The Hall–Kier alpha value is -1.87. The van der Waals surface area contributed by atoms with E-state index < -0.39 is 11.6 Å². The molecule has 0 radical (unpaired) electrons. The van der Waals surface area contributed by atoms with Gasteiger partial charge in [-0.05, 0) is 24.6 Å². The topological polar surface area (TPSA) is 73.2 Å². The van der Waals surface area contributed by atoms with E-state index in [0.717, 1.165) is 9.37 Å². The average Bonchev–Trinajstić information content (AvgIpc) is 2.59. The third-order valence-corrected chi connectivity index (χ3v) is 3.62. The summed E-state index contributed by atoms with van der Waals surface area (Å²) in [6.45, 7) is 1.78. The zero-order chi connectivity index (χ0) is 14.0. The molecule has 0 spiro atoms. The zero-order valence-electron chi connectivity index (χ0n) is 10.3. The van der Waals surface area contributed by atoms with E-state index in [4.69, 9.17) is 5.26 Å². The molecule has 1 aliphatic rings. The van der Waals surface area contributed by atoms with Crippen LogP contribution in [-0.2, 0) is 10.3 Å². The standard InChI is InChI=1S/C13H12BrN3O2/c1-13(9-4-2-5-10(14)8-9)11(18)17(7-3-6-15)12(19)16-13/h2,4-5,8H,3,7H2,1H3,(H,16,19)/t13-/m1/s1. The van der Waals surface area contributed by atoms with Crippen molar-refractivity contribution in [3.63, 3.8) is 0 Å². The Kier molecular flexibility index (Phi) is 3.58. The number of hydrogen-bond donors (Lipinski definition) is 1. The number of benzene rings is 1. The van der Waals surface area contributed by atoms with Crippen LogP contribution in [0.4, 0.5) is 4.79 Å². The molecule has 1 N–H and O–H groups in total. The minimum Gasteiger partial charge on any atom is -0.319 e. The van der Waals surface area contributed by atoms with Crippen LogP contribution in [0.3, 0.4) is 0 Å². The van der Waals surface area contributed by atoms with Gasteiger partial charge in [0.05, 0.1) is 12.5 Å². The quantitative estimate of drug-likeness (QED) is 0.867. The van der Waals surface area contributed by atoms with E-state index in [-0.39, 0.29) is 18.9 Å². The summed E-state index contributed by atoms with van der Waals surface area (Å²) in [5.41, 5.74) is -0.365. The van der Waals surface area contributed by atoms with Crippen LogP contribution in [-0.4, -0.2) is 23.4 Å². The fourth-order valence-corrected chi connectivity index (χ4v) is 2.46. The summed E-state index contributed by atoms with van der Waals surface area (Å²) >= 11 is 3.34. The van der Waals surface area contributed by atoms with Gasteiger partial charge in [0, 0.05) is 11.0 Å². The highest BCUT2D eigenvalue weighted by Crippen LogP contribution is 2.30. The normalized spacial score (nSPS) is 22.3. The predicted octanol–water partition coefficient (Wildman–Crippen LogP) is 2.13. The smallest absolute Gasteiger partial charge is 0.319 e. The largest absolute Gasteiger partial charge is 0.325 e. The van der Waals surface area contributed by atoms with E-state index in [1.54, 1.807) is 19.1 Å². The van der Waals surface area contributed by atoms with E-state index >= 15 is 0 Å². The lowest BCUT2D eigenvalue weighted by Gasteiger charge is -2.22. The number of hydrogen-bond acceptors (Lipinski definition) is 3. The van der Waals surface area contributed by atoms with Crippen LogP contribution in [0.15, 0.2) is 28.7 Å². The maximum atomic E-state index is 12.4. The lowest BCUT2D eigenvalue weighted by Crippen LogP contribution is -2.41. The Morgan fingerprint density at radius 1 is 1.47 bits per heavy atom. The van der Waals surface area contributed by atoms with Gasteiger partial charge in [-0.25, -0.2) is 4.79 Å². The fourth-order valence-electron chi connectivity index (χ4n) is 2.06. The number of nitriles is 1. The molecule has 1 aromatic carbocycles. The number of halogens is 1. The summed E-state index contributed by atoms with van der Waals surface area (Å²) in [5.74, 6) is -0.328. The van der Waals surface area contributed by atoms with Crippen LogP contribution >= 0.6 is 15.9 Å². The second kappa shape index (κ2) is 5.02. The molecule has 0 bridgehead atoms. The first kappa shape index (κ1) is 13.6. The first-order valence-corrected chi connectivity index (χ1v) is 6.55. The first-order chi connectivity index (χ1) is 8.99. The van der Waals surface area contributed by atoms with Gasteiger partial charge in [0.25, 0.3) is 5.91 Å². The summed E-state index contributed by atoms with van der Waals surface area (Å²) in [7, 11) is 0. The van der Waals surface area contributed by atoms with Gasteiger partial charge in [0.15, 0.2) is 0 Å². The first-order valence-electron chi connectivity index (χ1n) is 5.76. The molecule has 0 aliphatic carbocycles. The molecule has 5 nitrogen and oxygen atoms in total. The number of nitrogens with zero attached hydrogens (tertiary/aromatic N) is 2. The Bertz CT molecular complexity index is 581. The van der Waals surface area contributed by atoms with Crippen molar-refractivity contribution in [3.05, 3.63) is 34.3 Å². The van der Waals surface area contributed by atoms with E-state index in [1.807, 2.05) is 18.2 Å². The van der Waals surface area contributed by atoms with Crippen molar-refractivity contribution in [2.24, 2.45) is 0 Å². The van der Waals surface area contributed by atoms with Crippen molar-refractivity contribution >= 4 is 27.9 Å². The van der Waals surface area contributed by atoms with Crippen molar-refractivity contribution in [2.75, 3.05) is 6.54 Å². The molecule has 1 aromatic rings. The summed E-state index contributed by atoms with van der Waals surface area (Å²) in [6.07, 6.45) is 0.133. The van der Waals surface area contributed by atoms with Gasteiger partial charge in [-0.3, -0.25) is 9.69 Å². The van der Waals surface area contributed by atoms with Crippen molar-refractivity contribution < 1.29 is 9.59 Å². The molecule has 1 heterocycles. The Morgan fingerprint density at radius 3 is 2.84 bits per heavy atom. The minimum atomic E-state index is -1.07. The molecule has 19 heavy (non-hydrogen) atoms. The number of imide groups is 1. The number of carbonyl (C=O) groups is 2. The van der Waals surface area contributed by atoms with Gasteiger partial charge in [-0.15, -0.1) is 0 Å². The summed E-state index contributed by atoms with van der Waals surface area (Å²) in [5, 5.41) is 11.2. The van der Waals surface area contributed by atoms with E-state index in [2.05, 4.69) is 21.2 Å². The minimum absolute atomic E-state index is 0.116. The number of amides is 3. The van der Waals surface area contributed by atoms with Crippen LogP contribution < -0.4 is 5.32 Å². The van der Waals surface area contributed by atoms with Crippen LogP contribution in [0.2, 0.25) is 0 Å². The van der Waals surface area contributed by atoms with E-state index in [1.165, 1.54) is 0 Å². The molecular weight excluding hydrogens is 310 g/mol. The summed E-state index contributed by atoms with van der Waals surface area (Å²) in [6, 6.07) is 8.72. The SMILES string of the molecule is C[C@]1(c2cccc(Br)c2)NC(=O)N(CCC#N)C1=O. The maximum absolute atomic E-state index is 12.4. The molecule has 1 saturated heterocycles. The Labute approximate surface area is 119 Å². The van der Waals surface area contributed by atoms with Gasteiger partial charge >= 0.3 is 6.03 Å². The van der Waals surface area contributed by atoms with Crippen molar-refractivity contribution in [3.8, 4) is 6.07 Å². The highest BCUT2D eigenvalue weighted by molar-refractivity contribution is 9.10. The molecular formula is C13H12BrN3O2. The number of urea groups is 1.